The van der Waals surface area contributed by atoms with Gasteiger partial charge in [-0.15, -0.1) is 11.6 Å². The molecule has 0 fully saturated rings. The fourth-order valence-electron chi connectivity index (χ4n) is 2.50. The topological polar surface area (TPSA) is 76.0 Å². The Labute approximate surface area is 158 Å². The number of halogens is 1. The molecule has 2 amide bonds. The third-order valence-electron chi connectivity index (χ3n) is 4.16. The van der Waals surface area contributed by atoms with E-state index in [0.29, 0.717) is 12.2 Å². The van der Waals surface area contributed by atoms with Crippen LogP contribution in [0, 0.1) is 5.41 Å². The number of hydrogen-bond acceptors (Lipinski definition) is 3. The number of nitrogens with one attached hydrogen (secondary N) is 2. The van der Waals surface area contributed by atoms with E-state index >= 15 is 0 Å². The van der Waals surface area contributed by atoms with E-state index in [1.165, 1.54) is 0 Å². The molecule has 0 aliphatic heterocycles. The lowest BCUT2D eigenvalue weighted by Gasteiger charge is -2.31. The van der Waals surface area contributed by atoms with Crippen LogP contribution in [0.3, 0.4) is 0 Å². The molecule has 140 valence electrons. The van der Waals surface area contributed by atoms with Crippen LogP contribution in [0.1, 0.15) is 31.3 Å². The molecule has 0 radical (unpaired) electrons. The lowest BCUT2D eigenvalue weighted by molar-refractivity contribution is -0.118. The molecule has 0 bridgehead atoms. The summed E-state index contributed by atoms with van der Waals surface area (Å²) in [6, 6.07) is 11.2. The minimum atomic E-state index is -0.262. The number of carbonyl (C=O) groups is 2. The first-order chi connectivity index (χ1) is 12.2. The Hall–Kier alpha value is -2.34. The van der Waals surface area contributed by atoms with Gasteiger partial charge in [0.15, 0.2) is 0 Å². The number of alkyl halides is 1. The zero-order chi connectivity index (χ0) is 19.3. The van der Waals surface area contributed by atoms with Gasteiger partial charge in [-0.1, -0.05) is 51.1 Å². The molecule has 26 heavy (non-hydrogen) atoms. The van der Waals surface area contributed by atoms with Gasteiger partial charge in [-0.25, -0.2) is 0 Å². The molecule has 6 nitrogen and oxygen atoms in total. The highest BCUT2D eigenvalue weighted by Gasteiger charge is 2.28. The summed E-state index contributed by atoms with van der Waals surface area (Å²) in [5.41, 5.74) is 1.91. The van der Waals surface area contributed by atoms with Crippen molar-refractivity contribution < 1.29 is 9.59 Å². The molecule has 0 saturated carbocycles. The van der Waals surface area contributed by atoms with Gasteiger partial charge in [0.1, 0.15) is 11.6 Å². The molecule has 0 aliphatic rings. The van der Waals surface area contributed by atoms with Crippen LogP contribution in [0.15, 0.2) is 36.4 Å². The Morgan fingerprint density at radius 1 is 1.23 bits per heavy atom. The number of amides is 2. The van der Waals surface area contributed by atoms with Crippen LogP contribution >= 0.6 is 11.6 Å². The second-order valence-corrected chi connectivity index (χ2v) is 7.50. The number of rotatable bonds is 6. The van der Waals surface area contributed by atoms with Crippen molar-refractivity contribution in [2.45, 2.75) is 26.8 Å². The normalized spacial score (nSPS) is 12.5. The van der Waals surface area contributed by atoms with E-state index in [9.17, 15) is 9.59 Å². The maximum atomic E-state index is 12.8. The van der Waals surface area contributed by atoms with Crippen molar-refractivity contribution in [3.63, 3.8) is 0 Å². The summed E-state index contributed by atoms with van der Waals surface area (Å²) < 4.78 is 1.56. The van der Waals surface area contributed by atoms with Crippen LogP contribution < -0.4 is 10.6 Å². The molecule has 0 spiro atoms. The summed E-state index contributed by atoms with van der Waals surface area (Å²) in [5, 5.41) is 10.2. The number of hydrogen-bond donors (Lipinski definition) is 2. The molecule has 7 heteroatoms. The molecule has 2 rings (SSSR count). The van der Waals surface area contributed by atoms with Crippen molar-refractivity contribution in [2.75, 3.05) is 12.4 Å². The van der Waals surface area contributed by atoms with Crippen molar-refractivity contribution in [2.24, 2.45) is 12.5 Å². The molecule has 2 N–H and O–H groups in total. The molecular weight excluding hydrogens is 352 g/mol. The highest BCUT2D eigenvalue weighted by molar-refractivity contribution is 6.27. The minimum Gasteiger partial charge on any atom is -0.353 e. The monoisotopic (exact) mass is 376 g/mol. The van der Waals surface area contributed by atoms with Crippen LogP contribution in [0.25, 0.3) is 11.3 Å². The number of aromatic nitrogens is 2. The minimum absolute atomic E-state index is 0.104. The van der Waals surface area contributed by atoms with Gasteiger partial charge in [0.25, 0.3) is 5.91 Å². The van der Waals surface area contributed by atoms with E-state index in [0.717, 1.165) is 11.3 Å². The van der Waals surface area contributed by atoms with E-state index in [1.807, 2.05) is 51.1 Å². The fourth-order valence-corrected chi connectivity index (χ4v) is 2.59. The highest BCUT2D eigenvalue weighted by Crippen LogP contribution is 2.21. The number of benzene rings is 1. The summed E-state index contributed by atoms with van der Waals surface area (Å²) in [5.74, 6) is -0.600. The Bertz CT molecular complexity index is 766. The van der Waals surface area contributed by atoms with E-state index in [-0.39, 0.29) is 29.2 Å². The summed E-state index contributed by atoms with van der Waals surface area (Å²) in [6.07, 6.45) is 0. The largest absolute Gasteiger partial charge is 0.353 e. The van der Waals surface area contributed by atoms with Gasteiger partial charge < -0.3 is 10.6 Å². The SMILES string of the molecule is Cn1nc(-c2ccccc2)cc1C(=O)NC(CNC(=O)CCl)C(C)(C)C. The first-order valence-corrected chi connectivity index (χ1v) is 8.99. The third-order valence-corrected chi connectivity index (χ3v) is 4.40. The van der Waals surface area contributed by atoms with Gasteiger partial charge in [0, 0.05) is 19.2 Å². The summed E-state index contributed by atoms with van der Waals surface area (Å²) in [4.78, 5) is 24.2. The standard InChI is InChI=1S/C19H25ClN4O2/c1-19(2,3)16(12-21-17(25)11-20)22-18(26)15-10-14(23-24(15)4)13-8-6-5-7-9-13/h5-10,16H,11-12H2,1-4H3,(H,21,25)(H,22,26). The quantitative estimate of drug-likeness (QED) is 0.761. The maximum Gasteiger partial charge on any atom is 0.269 e. The average molecular weight is 377 g/mol. The number of nitrogens with zero attached hydrogens (tertiary/aromatic N) is 2. The smallest absolute Gasteiger partial charge is 0.269 e. The maximum absolute atomic E-state index is 12.8. The molecule has 1 aromatic heterocycles. The van der Waals surface area contributed by atoms with Crippen molar-refractivity contribution in [3.8, 4) is 11.3 Å². The van der Waals surface area contributed by atoms with E-state index in [1.54, 1.807) is 17.8 Å². The summed E-state index contributed by atoms with van der Waals surface area (Å²) in [6.45, 7) is 6.32. The zero-order valence-electron chi connectivity index (χ0n) is 15.5. The first-order valence-electron chi connectivity index (χ1n) is 8.45. The van der Waals surface area contributed by atoms with Gasteiger partial charge in [-0.05, 0) is 11.5 Å². The molecule has 2 aromatic rings. The molecule has 0 saturated heterocycles. The highest BCUT2D eigenvalue weighted by atomic mass is 35.5. The Morgan fingerprint density at radius 2 is 1.88 bits per heavy atom. The number of carbonyl (C=O) groups excluding carboxylic acids is 2. The Kier molecular flexibility index (Phi) is 6.42. The van der Waals surface area contributed by atoms with Gasteiger partial charge in [0.05, 0.1) is 11.7 Å². The molecule has 1 aromatic carbocycles. The molecule has 1 atom stereocenters. The lowest BCUT2D eigenvalue weighted by atomic mass is 9.86. The van der Waals surface area contributed by atoms with Gasteiger partial charge in [-0.3, -0.25) is 14.3 Å². The van der Waals surface area contributed by atoms with Crippen LogP contribution in [-0.4, -0.2) is 40.1 Å². The van der Waals surface area contributed by atoms with Crippen LogP contribution in [0.4, 0.5) is 0 Å². The molecule has 1 unspecified atom stereocenters. The van der Waals surface area contributed by atoms with Crippen LogP contribution in [-0.2, 0) is 11.8 Å². The van der Waals surface area contributed by atoms with Crippen molar-refractivity contribution in [3.05, 3.63) is 42.1 Å². The van der Waals surface area contributed by atoms with Crippen LogP contribution in [0.5, 0.6) is 0 Å². The molecule has 1 heterocycles. The second kappa shape index (κ2) is 8.36. The lowest BCUT2D eigenvalue weighted by Crippen LogP contribution is -2.51. The first kappa shape index (κ1) is 20.0. The zero-order valence-corrected chi connectivity index (χ0v) is 16.3. The predicted molar refractivity (Wildman–Crippen MR) is 103 cm³/mol. The number of aryl methyl sites for hydroxylation is 1. The van der Waals surface area contributed by atoms with E-state index < -0.39 is 0 Å². The van der Waals surface area contributed by atoms with Crippen LogP contribution in [0.2, 0.25) is 0 Å². The molecular formula is C19H25ClN4O2. The second-order valence-electron chi connectivity index (χ2n) is 7.23. The Balaban J connectivity index is 2.16. The summed E-state index contributed by atoms with van der Waals surface area (Å²) >= 11 is 5.52. The van der Waals surface area contributed by atoms with Gasteiger partial charge in [-0.2, -0.15) is 5.10 Å². The Morgan fingerprint density at radius 3 is 2.46 bits per heavy atom. The van der Waals surface area contributed by atoms with Crippen molar-refractivity contribution in [1.82, 2.24) is 20.4 Å². The van der Waals surface area contributed by atoms with E-state index in [4.69, 9.17) is 11.6 Å². The van der Waals surface area contributed by atoms with Crippen molar-refractivity contribution in [1.29, 1.82) is 0 Å². The van der Waals surface area contributed by atoms with E-state index in [2.05, 4.69) is 15.7 Å². The summed E-state index contributed by atoms with van der Waals surface area (Å²) in [7, 11) is 1.74. The average Bonchev–Trinajstić information content (AvgIpc) is 2.99. The fraction of sp³-hybridized carbons (Fsp3) is 0.421. The van der Waals surface area contributed by atoms with Gasteiger partial charge in [0.2, 0.25) is 5.91 Å². The van der Waals surface area contributed by atoms with Gasteiger partial charge >= 0.3 is 0 Å². The van der Waals surface area contributed by atoms with Crippen molar-refractivity contribution >= 4 is 23.4 Å². The third kappa shape index (κ3) is 5.08. The predicted octanol–water partition coefficient (Wildman–Crippen LogP) is 2.59. The molecule has 0 aliphatic carbocycles.